The van der Waals surface area contributed by atoms with Gasteiger partial charge in [-0.05, 0) is 86.1 Å². The van der Waals surface area contributed by atoms with Crippen LogP contribution in [0.25, 0.3) is 11.1 Å². The standard InChI is InChI=1S/C34H38FNO6S/c1-4-40-34(37)33-28-17-23-16-25(10-11-27(23)32(28)33)41-19-24-15-21(9-13-29(24)35)26-12-14-31(36-20(26)2)42-18-22-7-5-6-8-30(22)43(3,38)39/h9-16,22,28,30,32-33H,4-8,17-19H2,1-3H3/t22-,28+,30+,32-,33-/m0/s1. The predicted octanol–water partition coefficient (Wildman–Crippen LogP) is 6.21. The average molecular weight is 608 g/mol. The van der Waals surface area contributed by atoms with Crippen LogP contribution >= 0.6 is 0 Å². The molecule has 0 spiro atoms. The van der Waals surface area contributed by atoms with Crippen LogP contribution in [0, 0.1) is 30.5 Å². The summed E-state index contributed by atoms with van der Waals surface area (Å²) < 4.78 is 56.5. The number of sulfone groups is 1. The van der Waals surface area contributed by atoms with Crippen molar-refractivity contribution in [2.24, 2.45) is 17.8 Å². The van der Waals surface area contributed by atoms with Gasteiger partial charge in [0.25, 0.3) is 0 Å². The molecule has 0 amide bonds. The van der Waals surface area contributed by atoms with Gasteiger partial charge in [-0.1, -0.05) is 25.0 Å². The Bertz CT molecular complexity index is 1640. The minimum absolute atomic E-state index is 0.0289. The lowest BCUT2D eigenvalue weighted by atomic mass is 9.89. The molecule has 0 bridgehead atoms. The molecule has 2 fully saturated rings. The van der Waals surface area contributed by atoms with Gasteiger partial charge in [-0.25, -0.2) is 17.8 Å². The number of pyridine rings is 1. The highest BCUT2D eigenvalue weighted by molar-refractivity contribution is 7.91. The molecule has 7 nitrogen and oxygen atoms in total. The molecule has 2 saturated carbocycles. The van der Waals surface area contributed by atoms with Crippen LogP contribution < -0.4 is 9.47 Å². The van der Waals surface area contributed by atoms with E-state index in [9.17, 15) is 17.6 Å². The summed E-state index contributed by atoms with van der Waals surface area (Å²) in [5.41, 5.74) is 5.22. The van der Waals surface area contributed by atoms with Crippen LogP contribution in [0.15, 0.2) is 48.5 Å². The number of halogens is 1. The quantitative estimate of drug-likeness (QED) is 0.253. The van der Waals surface area contributed by atoms with E-state index in [-0.39, 0.29) is 41.4 Å². The van der Waals surface area contributed by atoms with E-state index in [4.69, 9.17) is 14.2 Å². The number of aryl methyl sites for hydroxylation is 1. The number of carbonyl (C=O) groups excluding carboxylic acids is 1. The Morgan fingerprint density at radius 3 is 2.63 bits per heavy atom. The number of esters is 1. The van der Waals surface area contributed by atoms with Crippen LogP contribution in [0.1, 0.15) is 60.9 Å². The highest BCUT2D eigenvalue weighted by atomic mass is 32.2. The van der Waals surface area contributed by atoms with Crippen LogP contribution in [0.5, 0.6) is 11.6 Å². The van der Waals surface area contributed by atoms with Crippen molar-refractivity contribution in [3.63, 3.8) is 0 Å². The Balaban J connectivity index is 1.09. The van der Waals surface area contributed by atoms with Crippen molar-refractivity contribution in [2.45, 2.75) is 63.7 Å². The van der Waals surface area contributed by atoms with Crippen molar-refractivity contribution in [1.82, 2.24) is 4.98 Å². The third kappa shape index (κ3) is 6.14. The van der Waals surface area contributed by atoms with Crippen LogP contribution in [0.4, 0.5) is 4.39 Å². The number of nitrogens with zero attached hydrogens (tertiary/aromatic N) is 1. The summed E-state index contributed by atoms with van der Waals surface area (Å²) in [7, 11) is -3.13. The van der Waals surface area contributed by atoms with E-state index in [1.165, 1.54) is 23.4 Å². The molecule has 5 atom stereocenters. The first-order valence-electron chi connectivity index (χ1n) is 15.1. The first-order valence-corrected chi connectivity index (χ1v) is 17.1. The van der Waals surface area contributed by atoms with Crippen molar-refractivity contribution in [3.8, 4) is 22.8 Å². The summed E-state index contributed by atoms with van der Waals surface area (Å²) >= 11 is 0. The van der Waals surface area contributed by atoms with Crippen LogP contribution in [0.3, 0.4) is 0 Å². The van der Waals surface area contributed by atoms with E-state index in [1.54, 1.807) is 18.2 Å². The van der Waals surface area contributed by atoms with E-state index in [1.807, 2.05) is 38.1 Å². The maximum atomic E-state index is 14.8. The summed E-state index contributed by atoms with van der Waals surface area (Å²) in [6.45, 7) is 4.50. The highest BCUT2D eigenvalue weighted by Gasteiger charge is 2.60. The van der Waals surface area contributed by atoms with E-state index in [0.717, 1.165) is 42.5 Å². The molecule has 43 heavy (non-hydrogen) atoms. The van der Waals surface area contributed by atoms with Crippen molar-refractivity contribution in [2.75, 3.05) is 19.5 Å². The van der Waals surface area contributed by atoms with Crippen LogP contribution in [-0.4, -0.2) is 44.1 Å². The minimum atomic E-state index is -3.13. The van der Waals surface area contributed by atoms with E-state index in [0.29, 0.717) is 42.7 Å². The molecule has 1 aromatic heterocycles. The molecule has 0 unspecified atom stereocenters. The number of carbonyl (C=O) groups is 1. The van der Waals surface area contributed by atoms with Crippen molar-refractivity contribution in [1.29, 1.82) is 0 Å². The zero-order chi connectivity index (χ0) is 30.3. The molecule has 9 heteroatoms. The second-order valence-electron chi connectivity index (χ2n) is 12.1. The summed E-state index contributed by atoms with van der Waals surface area (Å²) in [6, 6.07) is 14.6. The zero-order valence-corrected chi connectivity index (χ0v) is 25.7. The van der Waals surface area contributed by atoms with Gasteiger partial charge in [0.1, 0.15) is 18.2 Å². The normalized spacial score (nSPS) is 24.1. The number of hydrogen-bond donors (Lipinski definition) is 0. The second-order valence-corrected chi connectivity index (χ2v) is 14.4. The molecule has 0 radical (unpaired) electrons. The third-order valence-electron chi connectivity index (χ3n) is 9.30. The molecule has 2 aromatic carbocycles. The van der Waals surface area contributed by atoms with Gasteiger partial charge in [0.05, 0.1) is 24.4 Å². The first-order chi connectivity index (χ1) is 20.6. The van der Waals surface area contributed by atoms with Gasteiger partial charge < -0.3 is 14.2 Å². The smallest absolute Gasteiger partial charge is 0.309 e. The Labute approximate surface area is 252 Å². The largest absolute Gasteiger partial charge is 0.489 e. The number of rotatable bonds is 10. The molecule has 1 heterocycles. The monoisotopic (exact) mass is 607 g/mol. The Hall–Kier alpha value is -3.46. The van der Waals surface area contributed by atoms with E-state index < -0.39 is 9.84 Å². The fraction of sp³-hybridized carbons (Fsp3) is 0.471. The first kappa shape index (κ1) is 29.6. The number of ether oxygens (including phenoxy) is 3. The average Bonchev–Trinajstić information content (AvgIpc) is 3.57. The lowest BCUT2D eigenvalue weighted by Gasteiger charge is -2.29. The van der Waals surface area contributed by atoms with Crippen molar-refractivity contribution >= 4 is 15.8 Å². The lowest BCUT2D eigenvalue weighted by Crippen LogP contribution is -2.35. The Morgan fingerprint density at radius 2 is 1.86 bits per heavy atom. The summed E-state index contributed by atoms with van der Waals surface area (Å²) in [4.78, 5) is 16.8. The topological polar surface area (TPSA) is 91.8 Å². The third-order valence-corrected chi connectivity index (χ3v) is 11.0. The molecule has 3 aliphatic rings. The molecular formula is C34H38FNO6S. The Kier molecular flexibility index (Phi) is 8.20. The minimum Gasteiger partial charge on any atom is -0.489 e. The summed E-state index contributed by atoms with van der Waals surface area (Å²) in [6.07, 6.45) is 5.59. The number of benzene rings is 2. The second kappa shape index (κ2) is 11.9. The van der Waals surface area contributed by atoms with Crippen LogP contribution in [-0.2, 0) is 32.4 Å². The van der Waals surface area contributed by atoms with E-state index >= 15 is 0 Å². The van der Waals surface area contributed by atoms with Crippen molar-refractivity contribution in [3.05, 3.63) is 76.7 Å². The maximum absolute atomic E-state index is 14.8. The van der Waals surface area contributed by atoms with Gasteiger partial charge in [0.2, 0.25) is 5.88 Å². The SMILES string of the molecule is CCOC(=O)[C@H]1[C@@H]2Cc3cc(OCc4cc(-c5ccc(OC[C@@H]6CCCC[C@H]6S(C)(=O)=O)nc5C)ccc4F)ccc3[C@@H]21. The molecule has 0 aliphatic heterocycles. The zero-order valence-electron chi connectivity index (χ0n) is 24.8. The van der Waals surface area contributed by atoms with Gasteiger partial charge in [-0.2, -0.15) is 0 Å². The molecule has 6 rings (SSSR count). The van der Waals surface area contributed by atoms with Crippen molar-refractivity contribution < 1.29 is 31.8 Å². The van der Waals surface area contributed by atoms with Crippen LogP contribution in [0.2, 0.25) is 0 Å². The molecule has 0 N–H and O–H groups in total. The van der Waals surface area contributed by atoms with E-state index in [2.05, 4.69) is 4.98 Å². The number of fused-ring (bicyclic) bond motifs is 3. The fourth-order valence-electron chi connectivity index (χ4n) is 7.10. The molecule has 3 aliphatic carbocycles. The molecule has 228 valence electrons. The number of aromatic nitrogens is 1. The Morgan fingerprint density at radius 1 is 1.05 bits per heavy atom. The number of hydrogen-bond acceptors (Lipinski definition) is 7. The highest BCUT2D eigenvalue weighted by Crippen LogP contribution is 2.62. The van der Waals surface area contributed by atoms with Gasteiger partial charge >= 0.3 is 5.97 Å². The molecular weight excluding hydrogens is 569 g/mol. The predicted molar refractivity (Wildman–Crippen MR) is 161 cm³/mol. The summed E-state index contributed by atoms with van der Waals surface area (Å²) in [5.74, 6) is 1.16. The molecule has 0 saturated heterocycles. The lowest BCUT2D eigenvalue weighted by molar-refractivity contribution is -0.145. The maximum Gasteiger partial charge on any atom is 0.309 e. The molecule has 3 aromatic rings. The van der Waals surface area contributed by atoms with Gasteiger partial charge in [0.15, 0.2) is 9.84 Å². The van der Waals surface area contributed by atoms with Gasteiger partial charge in [0, 0.05) is 41.0 Å². The fourth-order valence-corrected chi connectivity index (χ4v) is 8.61. The van der Waals surface area contributed by atoms with Gasteiger partial charge in [-0.15, -0.1) is 0 Å². The van der Waals surface area contributed by atoms with Gasteiger partial charge in [-0.3, -0.25) is 4.79 Å². The summed E-state index contributed by atoms with van der Waals surface area (Å²) in [5, 5.41) is -0.368.